The highest BCUT2D eigenvalue weighted by Crippen LogP contribution is 2.11. The lowest BCUT2D eigenvalue weighted by Crippen LogP contribution is -2.50. The van der Waals surface area contributed by atoms with E-state index in [1.165, 1.54) is 10.6 Å². The Bertz CT molecular complexity index is 638. The molecule has 2 rings (SSSR count). The maximum absolute atomic E-state index is 12.0. The van der Waals surface area contributed by atoms with Gasteiger partial charge in [0.1, 0.15) is 5.75 Å². The highest BCUT2D eigenvalue weighted by molar-refractivity contribution is 7.88. The lowest BCUT2D eigenvalue weighted by Gasteiger charge is -2.32. The molecule has 1 amide bonds. The third kappa shape index (κ3) is 5.77. The van der Waals surface area contributed by atoms with Crippen LogP contribution in [0.15, 0.2) is 24.3 Å². The Morgan fingerprint density at radius 2 is 1.79 bits per heavy atom. The van der Waals surface area contributed by atoms with Crippen LogP contribution in [0.5, 0.6) is 5.75 Å². The lowest BCUT2D eigenvalue weighted by atomic mass is 10.1. The zero-order valence-electron chi connectivity index (χ0n) is 14.2. The summed E-state index contributed by atoms with van der Waals surface area (Å²) in [5.41, 5.74) is 1.14. The predicted molar refractivity (Wildman–Crippen MR) is 92.6 cm³/mol. The zero-order valence-corrected chi connectivity index (χ0v) is 15.0. The number of hydrogen-bond donors (Lipinski definition) is 1. The van der Waals surface area contributed by atoms with Gasteiger partial charge in [0.15, 0.2) is 0 Å². The summed E-state index contributed by atoms with van der Waals surface area (Å²) in [6.45, 7) is 2.93. The molecule has 1 aromatic carbocycles. The van der Waals surface area contributed by atoms with Crippen LogP contribution in [0, 0.1) is 0 Å². The summed E-state index contributed by atoms with van der Waals surface area (Å²) in [7, 11) is -1.50. The van der Waals surface area contributed by atoms with Gasteiger partial charge in [-0.1, -0.05) is 12.1 Å². The van der Waals surface area contributed by atoms with E-state index in [2.05, 4.69) is 5.32 Å². The molecule has 0 bridgehead atoms. The number of hydrogen-bond acceptors (Lipinski definition) is 5. The molecule has 0 aliphatic carbocycles. The van der Waals surface area contributed by atoms with Gasteiger partial charge in [-0.05, 0) is 24.1 Å². The van der Waals surface area contributed by atoms with Crippen molar-refractivity contribution in [1.29, 1.82) is 0 Å². The molecule has 7 nitrogen and oxygen atoms in total. The Kier molecular flexibility index (Phi) is 6.59. The predicted octanol–water partition coefficient (Wildman–Crippen LogP) is -0.0689. The molecule has 1 aliphatic rings. The van der Waals surface area contributed by atoms with Crippen LogP contribution in [0.2, 0.25) is 0 Å². The number of rotatable bonds is 7. The number of piperazine rings is 1. The van der Waals surface area contributed by atoms with Crippen LogP contribution in [0.3, 0.4) is 0 Å². The summed E-state index contributed by atoms with van der Waals surface area (Å²) >= 11 is 0. The van der Waals surface area contributed by atoms with E-state index in [4.69, 9.17) is 4.74 Å². The van der Waals surface area contributed by atoms with E-state index in [-0.39, 0.29) is 5.91 Å². The third-order valence-corrected chi connectivity index (χ3v) is 5.37. The second kappa shape index (κ2) is 8.46. The molecule has 0 spiro atoms. The van der Waals surface area contributed by atoms with Crippen molar-refractivity contribution in [3.63, 3.8) is 0 Å². The van der Waals surface area contributed by atoms with Gasteiger partial charge < -0.3 is 10.1 Å². The van der Waals surface area contributed by atoms with Gasteiger partial charge in [-0.15, -0.1) is 0 Å². The first-order valence-corrected chi connectivity index (χ1v) is 9.80. The molecule has 1 fully saturated rings. The van der Waals surface area contributed by atoms with Gasteiger partial charge >= 0.3 is 0 Å². The minimum Gasteiger partial charge on any atom is -0.497 e. The zero-order chi connectivity index (χ0) is 17.6. The normalized spacial score (nSPS) is 16.8. The first kappa shape index (κ1) is 18.7. The fourth-order valence-electron chi connectivity index (χ4n) is 2.62. The molecule has 1 aromatic rings. The first-order valence-electron chi connectivity index (χ1n) is 7.95. The summed E-state index contributed by atoms with van der Waals surface area (Å²) in [6.07, 6.45) is 1.98. The molecular formula is C16H25N3O4S. The van der Waals surface area contributed by atoms with Gasteiger partial charge in [-0.25, -0.2) is 8.42 Å². The number of nitrogens with zero attached hydrogens (tertiary/aromatic N) is 2. The maximum atomic E-state index is 12.0. The average Bonchev–Trinajstić information content (AvgIpc) is 2.55. The molecule has 0 unspecified atom stereocenters. The third-order valence-electron chi connectivity index (χ3n) is 4.06. The molecule has 1 saturated heterocycles. The van der Waals surface area contributed by atoms with E-state index in [9.17, 15) is 13.2 Å². The monoisotopic (exact) mass is 355 g/mol. The van der Waals surface area contributed by atoms with Crippen molar-refractivity contribution in [2.45, 2.75) is 6.42 Å². The smallest absolute Gasteiger partial charge is 0.234 e. The highest BCUT2D eigenvalue weighted by atomic mass is 32.2. The summed E-state index contributed by atoms with van der Waals surface area (Å²) in [5.74, 6) is 0.785. The van der Waals surface area contributed by atoms with Crippen LogP contribution in [-0.2, 0) is 21.2 Å². The van der Waals surface area contributed by atoms with E-state index in [0.717, 1.165) is 17.7 Å². The van der Waals surface area contributed by atoms with Crippen molar-refractivity contribution < 1.29 is 17.9 Å². The molecule has 24 heavy (non-hydrogen) atoms. The minimum atomic E-state index is -3.13. The van der Waals surface area contributed by atoms with E-state index < -0.39 is 10.0 Å². The highest BCUT2D eigenvalue weighted by Gasteiger charge is 2.24. The van der Waals surface area contributed by atoms with E-state index in [0.29, 0.717) is 39.3 Å². The molecular weight excluding hydrogens is 330 g/mol. The quantitative estimate of drug-likeness (QED) is 0.741. The van der Waals surface area contributed by atoms with Crippen molar-refractivity contribution in [3.05, 3.63) is 29.8 Å². The second-order valence-electron chi connectivity index (χ2n) is 5.89. The number of carbonyl (C=O) groups excluding carboxylic acids is 1. The van der Waals surface area contributed by atoms with Crippen molar-refractivity contribution in [2.75, 3.05) is 52.6 Å². The molecule has 1 heterocycles. The van der Waals surface area contributed by atoms with Gasteiger partial charge in [0, 0.05) is 32.7 Å². The number of sulfonamides is 1. The fraction of sp³-hybridized carbons (Fsp3) is 0.562. The summed E-state index contributed by atoms with van der Waals surface area (Å²) in [4.78, 5) is 14.0. The molecule has 1 aliphatic heterocycles. The van der Waals surface area contributed by atoms with Crippen LogP contribution in [0.1, 0.15) is 5.56 Å². The Morgan fingerprint density at radius 1 is 1.17 bits per heavy atom. The molecule has 1 N–H and O–H groups in total. The SMILES string of the molecule is COc1ccc(CCNC(=O)CN2CCN(S(C)(=O)=O)CC2)cc1. The molecule has 0 aromatic heterocycles. The Hall–Kier alpha value is -1.64. The van der Waals surface area contributed by atoms with Crippen LogP contribution >= 0.6 is 0 Å². The molecule has 0 atom stereocenters. The summed E-state index contributed by atoms with van der Waals surface area (Å²) in [6, 6.07) is 7.77. The van der Waals surface area contributed by atoms with Gasteiger partial charge in [0.2, 0.25) is 15.9 Å². The number of methoxy groups -OCH3 is 1. The number of carbonyl (C=O) groups is 1. The molecule has 0 radical (unpaired) electrons. The molecule has 134 valence electrons. The number of amides is 1. The average molecular weight is 355 g/mol. The van der Waals surface area contributed by atoms with Gasteiger partial charge in [-0.3, -0.25) is 9.69 Å². The minimum absolute atomic E-state index is 0.0312. The Balaban J connectivity index is 1.66. The second-order valence-corrected chi connectivity index (χ2v) is 7.87. The van der Waals surface area contributed by atoms with E-state index >= 15 is 0 Å². The number of benzene rings is 1. The van der Waals surface area contributed by atoms with Crippen molar-refractivity contribution >= 4 is 15.9 Å². The van der Waals surface area contributed by atoms with Crippen molar-refractivity contribution in [2.24, 2.45) is 0 Å². The lowest BCUT2D eigenvalue weighted by molar-refractivity contribution is -0.122. The van der Waals surface area contributed by atoms with Crippen molar-refractivity contribution in [3.8, 4) is 5.75 Å². The van der Waals surface area contributed by atoms with Crippen LogP contribution in [0.25, 0.3) is 0 Å². The Morgan fingerprint density at radius 3 is 2.33 bits per heavy atom. The number of nitrogens with one attached hydrogen (secondary N) is 1. The van der Waals surface area contributed by atoms with Crippen LogP contribution < -0.4 is 10.1 Å². The van der Waals surface area contributed by atoms with Crippen molar-refractivity contribution in [1.82, 2.24) is 14.5 Å². The largest absolute Gasteiger partial charge is 0.497 e. The van der Waals surface area contributed by atoms with Crippen LogP contribution in [0.4, 0.5) is 0 Å². The topological polar surface area (TPSA) is 79.0 Å². The standard InChI is InChI=1S/C16H25N3O4S/c1-23-15-5-3-14(4-6-15)7-8-17-16(20)13-18-9-11-19(12-10-18)24(2,21)22/h3-6H,7-13H2,1-2H3,(H,17,20). The summed E-state index contributed by atoms with van der Waals surface area (Å²) < 4.78 is 29.5. The van der Waals surface area contributed by atoms with Gasteiger partial charge in [0.25, 0.3) is 0 Å². The van der Waals surface area contributed by atoms with E-state index in [1.54, 1.807) is 7.11 Å². The summed E-state index contributed by atoms with van der Waals surface area (Å²) in [5, 5.41) is 2.90. The first-order chi connectivity index (χ1) is 11.4. The van der Waals surface area contributed by atoms with Gasteiger partial charge in [0.05, 0.1) is 19.9 Å². The maximum Gasteiger partial charge on any atom is 0.234 e. The van der Waals surface area contributed by atoms with Crippen LogP contribution in [-0.4, -0.2) is 76.2 Å². The van der Waals surface area contributed by atoms with Gasteiger partial charge in [-0.2, -0.15) is 4.31 Å². The molecule has 0 saturated carbocycles. The van der Waals surface area contributed by atoms with E-state index in [1.807, 2.05) is 29.2 Å². The number of ether oxygens (including phenoxy) is 1. The molecule has 8 heteroatoms. The Labute approximate surface area is 143 Å². The fourth-order valence-corrected chi connectivity index (χ4v) is 3.44.